The first kappa shape index (κ1) is 11.6. The maximum Gasteiger partial charge on any atom is 0.243 e. The fourth-order valence-corrected chi connectivity index (χ4v) is 2.96. The Bertz CT molecular complexity index is 440. The summed E-state index contributed by atoms with van der Waals surface area (Å²) < 4.78 is 0.675. The molecule has 1 aliphatic rings. The zero-order valence-electron chi connectivity index (χ0n) is 9.32. The van der Waals surface area contributed by atoms with Gasteiger partial charge in [-0.2, -0.15) is 0 Å². The van der Waals surface area contributed by atoms with E-state index in [1.165, 1.54) is 17.3 Å². The second kappa shape index (κ2) is 4.55. The van der Waals surface area contributed by atoms with Crippen LogP contribution >= 0.6 is 24.0 Å². The highest BCUT2D eigenvalue weighted by atomic mass is 32.2. The Balaban J connectivity index is 2.54. The average Bonchev–Trinajstić information content (AvgIpc) is 2.59. The number of carbonyl (C=O) groups is 1. The van der Waals surface area contributed by atoms with E-state index in [4.69, 9.17) is 12.2 Å². The number of anilines is 1. The summed E-state index contributed by atoms with van der Waals surface area (Å²) in [4.78, 5) is 13.5. The van der Waals surface area contributed by atoms with E-state index < -0.39 is 0 Å². The van der Waals surface area contributed by atoms with E-state index in [1.54, 1.807) is 4.90 Å². The number of amides is 1. The highest BCUT2D eigenvalue weighted by Crippen LogP contribution is 2.32. The SMILES string of the molecule is CCc1cccc(C)c1N1C(=O)CSC1=S. The molecule has 1 amide bonds. The van der Waals surface area contributed by atoms with Crippen LogP contribution in [0.5, 0.6) is 0 Å². The minimum absolute atomic E-state index is 0.0963. The molecule has 0 spiro atoms. The molecular weight excluding hydrogens is 238 g/mol. The van der Waals surface area contributed by atoms with Gasteiger partial charge in [0.15, 0.2) is 0 Å². The molecule has 16 heavy (non-hydrogen) atoms. The molecular formula is C12H13NOS2. The third kappa shape index (κ3) is 1.87. The number of hydrogen-bond acceptors (Lipinski definition) is 3. The Morgan fingerprint density at radius 1 is 1.50 bits per heavy atom. The fourth-order valence-electron chi connectivity index (χ4n) is 1.90. The number of nitrogens with zero attached hydrogens (tertiary/aromatic N) is 1. The normalized spacial score (nSPS) is 16.0. The van der Waals surface area contributed by atoms with E-state index >= 15 is 0 Å². The Kier molecular flexibility index (Phi) is 3.30. The first-order valence-corrected chi connectivity index (χ1v) is 6.62. The van der Waals surface area contributed by atoms with Crippen LogP contribution in [0.2, 0.25) is 0 Å². The first-order chi connectivity index (χ1) is 7.65. The Morgan fingerprint density at radius 3 is 2.81 bits per heavy atom. The van der Waals surface area contributed by atoms with Gasteiger partial charge in [-0.25, -0.2) is 0 Å². The molecule has 0 atom stereocenters. The number of thiocarbonyl (C=S) groups is 1. The van der Waals surface area contributed by atoms with Crippen LogP contribution in [0.15, 0.2) is 18.2 Å². The maximum absolute atomic E-state index is 11.8. The molecule has 4 heteroatoms. The van der Waals surface area contributed by atoms with Crippen molar-refractivity contribution in [3.05, 3.63) is 29.3 Å². The molecule has 1 aromatic carbocycles. The molecule has 1 aromatic rings. The van der Waals surface area contributed by atoms with Gasteiger partial charge in [-0.3, -0.25) is 9.69 Å². The number of hydrogen-bond donors (Lipinski definition) is 0. The van der Waals surface area contributed by atoms with Crippen LogP contribution in [0.25, 0.3) is 0 Å². The quantitative estimate of drug-likeness (QED) is 0.754. The number of carbonyl (C=O) groups excluding carboxylic acids is 1. The summed E-state index contributed by atoms with van der Waals surface area (Å²) in [7, 11) is 0. The van der Waals surface area contributed by atoms with Crippen LogP contribution in [0.4, 0.5) is 5.69 Å². The van der Waals surface area contributed by atoms with Gasteiger partial charge < -0.3 is 0 Å². The van der Waals surface area contributed by atoms with Gasteiger partial charge in [0.1, 0.15) is 4.32 Å². The predicted molar refractivity (Wildman–Crippen MR) is 73.1 cm³/mol. The predicted octanol–water partition coefficient (Wildman–Crippen LogP) is 2.92. The number of aryl methyl sites for hydroxylation is 2. The lowest BCUT2D eigenvalue weighted by Crippen LogP contribution is -2.29. The Labute approximate surface area is 105 Å². The van der Waals surface area contributed by atoms with Crippen molar-refractivity contribution in [3.8, 4) is 0 Å². The summed E-state index contributed by atoms with van der Waals surface area (Å²) in [6, 6.07) is 6.10. The van der Waals surface area contributed by atoms with Crippen molar-refractivity contribution in [1.29, 1.82) is 0 Å². The monoisotopic (exact) mass is 251 g/mol. The van der Waals surface area contributed by atoms with Crippen LogP contribution in [0.1, 0.15) is 18.1 Å². The van der Waals surface area contributed by atoms with Crippen molar-refractivity contribution in [1.82, 2.24) is 0 Å². The van der Waals surface area contributed by atoms with Crippen molar-refractivity contribution in [2.75, 3.05) is 10.7 Å². The van der Waals surface area contributed by atoms with Crippen LogP contribution in [-0.4, -0.2) is 16.0 Å². The minimum Gasteiger partial charge on any atom is -0.273 e. The molecule has 84 valence electrons. The standard InChI is InChI=1S/C12H13NOS2/c1-3-9-6-4-5-8(2)11(9)13-10(14)7-16-12(13)15/h4-6H,3,7H2,1-2H3. The third-order valence-electron chi connectivity index (χ3n) is 2.68. The van der Waals surface area contributed by atoms with Gasteiger partial charge in [0.2, 0.25) is 5.91 Å². The van der Waals surface area contributed by atoms with E-state index in [1.807, 2.05) is 19.1 Å². The lowest BCUT2D eigenvalue weighted by atomic mass is 10.0. The van der Waals surface area contributed by atoms with Crippen LogP contribution in [0.3, 0.4) is 0 Å². The summed E-state index contributed by atoms with van der Waals surface area (Å²) in [5.41, 5.74) is 3.28. The van der Waals surface area contributed by atoms with Gasteiger partial charge >= 0.3 is 0 Å². The van der Waals surface area contributed by atoms with Crippen LogP contribution in [-0.2, 0) is 11.2 Å². The van der Waals surface area contributed by atoms with Crippen molar-refractivity contribution < 1.29 is 4.79 Å². The molecule has 2 rings (SSSR count). The number of benzene rings is 1. The summed E-state index contributed by atoms with van der Waals surface area (Å²) in [6.07, 6.45) is 0.911. The van der Waals surface area contributed by atoms with Gasteiger partial charge in [-0.05, 0) is 24.5 Å². The van der Waals surface area contributed by atoms with E-state index in [-0.39, 0.29) is 5.91 Å². The molecule has 0 radical (unpaired) electrons. The van der Waals surface area contributed by atoms with Crippen molar-refractivity contribution in [3.63, 3.8) is 0 Å². The second-order valence-corrected chi connectivity index (χ2v) is 5.33. The number of para-hydroxylation sites is 1. The number of rotatable bonds is 2. The van der Waals surface area contributed by atoms with Crippen molar-refractivity contribution in [2.45, 2.75) is 20.3 Å². The average molecular weight is 251 g/mol. The van der Waals surface area contributed by atoms with Crippen LogP contribution in [0, 0.1) is 6.92 Å². The molecule has 0 N–H and O–H groups in total. The molecule has 1 heterocycles. The zero-order chi connectivity index (χ0) is 11.7. The van der Waals surface area contributed by atoms with E-state index in [0.29, 0.717) is 10.1 Å². The highest BCUT2D eigenvalue weighted by Gasteiger charge is 2.30. The number of thioether (sulfide) groups is 1. The smallest absolute Gasteiger partial charge is 0.243 e. The lowest BCUT2D eigenvalue weighted by molar-refractivity contribution is -0.115. The van der Waals surface area contributed by atoms with Crippen molar-refractivity contribution >= 4 is 39.9 Å². The molecule has 1 saturated heterocycles. The van der Waals surface area contributed by atoms with Gasteiger partial charge in [0, 0.05) is 0 Å². The van der Waals surface area contributed by atoms with Gasteiger partial charge in [-0.15, -0.1) is 0 Å². The summed E-state index contributed by atoms with van der Waals surface area (Å²) in [5, 5.41) is 0. The molecule has 0 aromatic heterocycles. The fraction of sp³-hybridized carbons (Fsp3) is 0.333. The maximum atomic E-state index is 11.8. The van der Waals surface area contributed by atoms with E-state index in [0.717, 1.165) is 17.7 Å². The molecule has 1 fully saturated rings. The summed E-state index contributed by atoms with van der Waals surface area (Å²) >= 11 is 6.68. The molecule has 0 bridgehead atoms. The topological polar surface area (TPSA) is 20.3 Å². The second-order valence-electron chi connectivity index (χ2n) is 3.72. The van der Waals surface area contributed by atoms with Gasteiger partial charge in [0.25, 0.3) is 0 Å². The lowest BCUT2D eigenvalue weighted by Gasteiger charge is -2.20. The van der Waals surface area contributed by atoms with E-state index in [9.17, 15) is 4.79 Å². The zero-order valence-corrected chi connectivity index (χ0v) is 11.0. The molecule has 2 nitrogen and oxygen atoms in total. The van der Waals surface area contributed by atoms with Crippen LogP contribution < -0.4 is 4.90 Å². The summed E-state index contributed by atoms with van der Waals surface area (Å²) in [6.45, 7) is 4.11. The molecule has 0 unspecified atom stereocenters. The molecule has 1 aliphatic heterocycles. The highest BCUT2D eigenvalue weighted by molar-refractivity contribution is 8.24. The Hall–Kier alpha value is -0.870. The first-order valence-electron chi connectivity index (χ1n) is 5.23. The van der Waals surface area contributed by atoms with E-state index in [2.05, 4.69) is 13.0 Å². The van der Waals surface area contributed by atoms with Gasteiger partial charge in [0.05, 0.1) is 11.4 Å². The minimum atomic E-state index is 0.0963. The summed E-state index contributed by atoms with van der Waals surface area (Å²) in [5.74, 6) is 0.565. The third-order valence-corrected chi connectivity index (χ3v) is 4.03. The van der Waals surface area contributed by atoms with Gasteiger partial charge in [-0.1, -0.05) is 49.1 Å². The largest absolute Gasteiger partial charge is 0.273 e. The molecule has 0 aliphatic carbocycles. The van der Waals surface area contributed by atoms with Crippen molar-refractivity contribution in [2.24, 2.45) is 0 Å². The molecule has 0 saturated carbocycles. The Morgan fingerprint density at radius 2 is 2.25 bits per heavy atom.